The van der Waals surface area contributed by atoms with Crippen molar-refractivity contribution in [2.75, 3.05) is 5.32 Å². The second-order valence-corrected chi connectivity index (χ2v) is 5.09. The summed E-state index contributed by atoms with van der Waals surface area (Å²) in [5.74, 6) is 7.54. The maximum atomic E-state index is 5.54. The highest BCUT2D eigenvalue weighted by Crippen LogP contribution is 2.33. The molecule has 3 atom stereocenters. The molecular weight excluding hydrogens is 224 g/mol. The molecule has 1 aliphatic carbocycles. The molecule has 3 unspecified atom stereocenters. The summed E-state index contributed by atoms with van der Waals surface area (Å²) in [5.41, 5.74) is 3.65. The van der Waals surface area contributed by atoms with Crippen LogP contribution in [0.4, 0.5) is 5.69 Å². The summed E-state index contributed by atoms with van der Waals surface area (Å²) in [7, 11) is 0. The zero-order valence-electron chi connectivity index (χ0n) is 11.1. The number of benzene rings is 1. The van der Waals surface area contributed by atoms with Crippen LogP contribution in [-0.2, 0) is 0 Å². The molecular formula is C14H22N4. The van der Waals surface area contributed by atoms with Crippen molar-refractivity contribution < 1.29 is 0 Å². The minimum absolute atomic E-state index is 0.363. The van der Waals surface area contributed by atoms with Crippen molar-refractivity contribution >= 4 is 11.6 Å². The van der Waals surface area contributed by atoms with E-state index in [-0.39, 0.29) is 0 Å². The highest BCUT2D eigenvalue weighted by atomic mass is 15.3. The number of aliphatic imine (C=N–C) groups is 1. The van der Waals surface area contributed by atoms with Crippen molar-refractivity contribution in [2.45, 2.75) is 32.7 Å². The molecule has 4 nitrogen and oxygen atoms in total. The number of anilines is 1. The predicted octanol–water partition coefficient (Wildman–Crippen LogP) is 2.35. The van der Waals surface area contributed by atoms with Crippen molar-refractivity contribution in [3.05, 3.63) is 30.3 Å². The van der Waals surface area contributed by atoms with Crippen molar-refractivity contribution in [2.24, 2.45) is 22.7 Å². The van der Waals surface area contributed by atoms with Gasteiger partial charge in [-0.1, -0.05) is 32.0 Å². The number of hydrazine groups is 1. The third-order valence-corrected chi connectivity index (χ3v) is 3.89. The lowest BCUT2D eigenvalue weighted by Crippen LogP contribution is -2.37. The quantitative estimate of drug-likeness (QED) is 0.325. The Balaban J connectivity index is 2.04. The van der Waals surface area contributed by atoms with Gasteiger partial charge in [0.1, 0.15) is 0 Å². The molecule has 0 aromatic heterocycles. The maximum Gasteiger partial charge on any atom is 0.210 e. The van der Waals surface area contributed by atoms with Crippen LogP contribution < -0.4 is 16.6 Å². The summed E-state index contributed by atoms with van der Waals surface area (Å²) < 4.78 is 0. The highest BCUT2D eigenvalue weighted by Gasteiger charge is 2.29. The van der Waals surface area contributed by atoms with Gasteiger partial charge in [0, 0.05) is 5.69 Å². The SMILES string of the molecule is CC1CCC(N=C(NN)Nc2ccccc2)C1C. The standard InChI is InChI=1S/C14H22N4/c1-10-8-9-13(11(10)2)17-14(18-15)16-12-6-4-3-5-7-12/h3-7,10-11,13H,8-9,15H2,1-2H3,(H2,16,17,18). The van der Waals surface area contributed by atoms with E-state index in [1.807, 2.05) is 30.3 Å². The Hall–Kier alpha value is -1.55. The number of para-hydroxylation sites is 1. The molecule has 0 radical (unpaired) electrons. The molecule has 0 aliphatic heterocycles. The zero-order valence-corrected chi connectivity index (χ0v) is 11.1. The van der Waals surface area contributed by atoms with E-state index in [0.29, 0.717) is 17.9 Å². The van der Waals surface area contributed by atoms with Crippen LogP contribution in [0.1, 0.15) is 26.7 Å². The zero-order chi connectivity index (χ0) is 13.0. The Morgan fingerprint density at radius 3 is 2.50 bits per heavy atom. The van der Waals surface area contributed by atoms with E-state index >= 15 is 0 Å². The molecule has 2 rings (SSSR count). The summed E-state index contributed by atoms with van der Waals surface area (Å²) in [5, 5.41) is 3.20. The topological polar surface area (TPSA) is 62.4 Å². The summed E-state index contributed by atoms with van der Waals surface area (Å²) in [6.45, 7) is 4.56. The Bertz CT molecular complexity index is 402. The maximum absolute atomic E-state index is 5.54. The molecule has 0 heterocycles. The Labute approximate surface area is 109 Å². The van der Waals surface area contributed by atoms with Crippen LogP contribution in [0.15, 0.2) is 35.3 Å². The van der Waals surface area contributed by atoms with Gasteiger partial charge in [0.25, 0.3) is 0 Å². The average Bonchev–Trinajstić information content (AvgIpc) is 2.71. The lowest BCUT2D eigenvalue weighted by atomic mass is 9.98. The molecule has 0 saturated heterocycles. The van der Waals surface area contributed by atoms with Crippen molar-refractivity contribution in [3.63, 3.8) is 0 Å². The minimum Gasteiger partial charge on any atom is -0.325 e. The van der Waals surface area contributed by atoms with Crippen LogP contribution in [0.3, 0.4) is 0 Å². The first-order valence-electron chi connectivity index (χ1n) is 6.57. The van der Waals surface area contributed by atoms with E-state index < -0.39 is 0 Å². The summed E-state index contributed by atoms with van der Waals surface area (Å²) >= 11 is 0. The third kappa shape index (κ3) is 3.01. The fraction of sp³-hybridized carbons (Fsp3) is 0.500. The molecule has 18 heavy (non-hydrogen) atoms. The fourth-order valence-electron chi connectivity index (χ4n) is 2.45. The van der Waals surface area contributed by atoms with E-state index in [9.17, 15) is 0 Å². The van der Waals surface area contributed by atoms with E-state index in [0.717, 1.165) is 18.0 Å². The molecule has 1 saturated carbocycles. The van der Waals surface area contributed by atoms with E-state index in [4.69, 9.17) is 10.8 Å². The largest absolute Gasteiger partial charge is 0.325 e. The van der Waals surface area contributed by atoms with Gasteiger partial charge >= 0.3 is 0 Å². The number of nitrogens with zero attached hydrogens (tertiary/aromatic N) is 1. The average molecular weight is 246 g/mol. The highest BCUT2D eigenvalue weighted by molar-refractivity contribution is 5.93. The van der Waals surface area contributed by atoms with Gasteiger partial charge in [0.2, 0.25) is 5.96 Å². The Morgan fingerprint density at radius 1 is 1.22 bits per heavy atom. The first-order valence-corrected chi connectivity index (χ1v) is 6.57. The molecule has 4 N–H and O–H groups in total. The number of nitrogens with two attached hydrogens (primary N) is 1. The van der Waals surface area contributed by atoms with Crippen LogP contribution in [-0.4, -0.2) is 12.0 Å². The molecule has 1 aromatic carbocycles. The van der Waals surface area contributed by atoms with Crippen LogP contribution in [0.25, 0.3) is 0 Å². The number of rotatable bonds is 2. The third-order valence-electron chi connectivity index (χ3n) is 3.89. The second-order valence-electron chi connectivity index (χ2n) is 5.09. The van der Waals surface area contributed by atoms with E-state index in [1.165, 1.54) is 6.42 Å². The second kappa shape index (κ2) is 5.87. The van der Waals surface area contributed by atoms with Gasteiger partial charge in [-0.2, -0.15) is 0 Å². The normalized spacial score (nSPS) is 28.2. The van der Waals surface area contributed by atoms with Gasteiger partial charge in [-0.3, -0.25) is 5.43 Å². The molecule has 0 bridgehead atoms. The van der Waals surface area contributed by atoms with Gasteiger partial charge in [0.15, 0.2) is 0 Å². The van der Waals surface area contributed by atoms with Gasteiger partial charge in [0.05, 0.1) is 6.04 Å². The Morgan fingerprint density at radius 2 is 1.94 bits per heavy atom. The number of hydrogen-bond acceptors (Lipinski definition) is 2. The van der Waals surface area contributed by atoms with Gasteiger partial charge in [-0.25, -0.2) is 10.8 Å². The molecule has 1 fully saturated rings. The van der Waals surface area contributed by atoms with E-state index in [2.05, 4.69) is 24.6 Å². The fourth-order valence-corrected chi connectivity index (χ4v) is 2.45. The van der Waals surface area contributed by atoms with Crippen molar-refractivity contribution in [1.82, 2.24) is 5.43 Å². The molecule has 4 heteroatoms. The first-order chi connectivity index (χ1) is 8.70. The first kappa shape index (κ1) is 12.9. The van der Waals surface area contributed by atoms with Gasteiger partial charge < -0.3 is 5.32 Å². The van der Waals surface area contributed by atoms with Gasteiger partial charge in [-0.15, -0.1) is 0 Å². The lowest BCUT2D eigenvalue weighted by Gasteiger charge is -2.16. The smallest absolute Gasteiger partial charge is 0.210 e. The summed E-state index contributed by atoms with van der Waals surface area (Å²) in [6, 6.07) is 10.3. The van der Waals surface area contributed by atoms with Crippen LogP contribution in [0.2, 0.25) is 0 Å². The van der Waals surface area contributed by atoms with Crippen LogP contribution >= 0.6 is 0 Å². The number of guanidine groups is 1. The molecule has 1 aliphatic rings. The van der Waals surface area contributed by atoms with Crippen molar-refractivity contribution in [3.8, 4) is 0 Å². The predicted molar refractivity (Wildman–Crippen MR) is 76.2 cm³/mol. The Kier molecular flexibility index (Phi) is 4.20. The molecule has 1 aromatic rings. The van der Waals surface area contributed by atoms with E-state index in [1.54, 1.807) is 0 Å². The minimum atomic E-state index is 0.363. The van der Waals surface area contributed by atoms with Crippen LogP contribution in [0.5, 0.6) is 0 Å². The van der Waals surface area contributed by atoms with Gasteiger partial charge in [-0.05, 0) is 36.8 Å². The van der Waals surface area contributed by atoms with Crippen LogP contribution in [0, 0.1) is 11.8 Å². The van der Waals surface area contributed by atoms with Crippen molar-refractivity contribution in [1.29, 1.82) is 0 Å². The lowest BCUT2D eigenvalue weighted by molar-refractivity contribution is 0.423. The summed E-state index contributed by atoms with van der Waals surface area (Å²) in [6.07, 6.45) is 2.39. The number of hydrogen-bond donors (Lipinski definition) is 3. The molecule has 98 valence electrons. The molecule has 0 amide bonds. The number of nitrogens with one attached hydrogen (secondary N) is 2. The monoisotopic (exact) mass is 246 g/mol. The summed E-state index contributed by atoms with van der Waals surface area (Å²) in [4.78, 5) is 4.69. The molecule has 0 spiro atoms.